The Labute approximate surface area is 296 Å². The number of hydrogen-bond acceptors (Lipinski definition) is 4. The molecule has 4 heteroatoms. The van der Waals surface area contributed by atoms with Crippen LogP contribution in [0.5, 0.6) is 0 Å². The van der Waals surface area contributed by atoms with Crippen molar-refractivity contribution in [2.75, 3.05) is 38.0 Å². The Bertz CT molecular complexity index is 1960. The molecule has 0 fully saturated rings. The molecule has 4 aromatic carbocycles. The van der Waals surface area contributed by atoms with Crippen LogP contribution >= 0.6 is 0 Å². The van der Waals surface area contributed by atoms with Gasteiger partial charge in [-0.05, 0) is 93.0 Å². The van der Waals surface area contributed by atoms with Gasteiger partial charge in [-0.3, -0.25) is 9.97 Å². The molecule has 0 saturated carbocycles. The second-order valence-corrected chi connectivity index (χ2v) is 12.6. The number of pyridine rings is 2. The summed E-state index contributed by atoms with van der Waals surface area (Å²) >= 11 is 0. The Morgan fingerprint density at radius 1 is 0.320 bits per heavy atom. The summed E-state index contributed by atoms with van der Waals surface area (Å²) in [5, 5.41) is 0. The van der Waals surface area contributed by atoms with Gasteiger partial charge in [-0.1, -0.05) is 121 Å². The van der Waals surface area contributed by atoms with Gasteiger partial charge in [0.25, 0.3) is 0 Å². The van der Waals surface area contributed by atoms with E-state index in [0.717, 1.165) is 44.8 Å². The molecular weight excluding hydrogens is 609 g/mol. The molecule has 2 aromatic heterocycles. The van der Waals surface area contributed by atoms with Crippen molar-refractivity contribution in [1.82, 2.24) is 9.97 Å². The van der Waals surface area contributed by atoms with Crippen molar-refractivity contribution in [2.45, 2.75) is 0 Å². The molecule has 0 saturated heterocycles. The van der Waals surface area contributed by atoms with Gasteiger partial charge in [0.1, 0.15) is 0 Å². The predicted octanol–water partition coefficient (Wildman–Crippen LogP) is 11.0. The van der Waals surface area contributed by atoms with Gasteiger partial charge in [0.15, 0.2) is 0 Å². The fraction of sp³-hybridized carbons (Fsp3) is 0.0870. The van der Waals surface area contributed by atoms with E-state index in [4.69, 9.17) is 0 Å². The van der Waals surface area contributed by atoms with Gasteiger partial charge in [-0.25, -0.2) is 0 Å². The van der Waals surface area contributed by atoms with Crippen LogP contribution in [-0.2, 0) is 0 Å². The van der Waals surface area contributed by atoms with Crippen molar-refractivity contribution < 1.29 is 0 Å². The minimum Gasteiger partial charge on any atom is -0.378 e. The summed E-state index contributed by atoms with van der Waals surface area (Å²) in [4.78, 5) is 13.4. The van der Waals surface area contributed by atoms with E-state index < -0.39 is 0 Å². The maximum absolute atomic E-state index is 4.62. The SMILES string of the molecule is CN(C)c1ccc(/C=C/c2ccc(/C=C/c3ccnc(-c4cc(/C=C/c5ccc(/C=C/c6ccc(N(C)C)cc6)cc5)ccn4)c3)cc2)cc1. The van der Waals surface area contributed by atoms with Crippen molar-refractivity contribution in [2.24, 2.45) is 0 Å². The van der Waals surface area contributed by atoms with Gasteiger partial charge < -0.3 is 9.80 Å². The highest BCUT2D eigenvalue weighted by molar-refractivity contribution is 5.76. The van der Waals surface area contributed by atoms with Gasteiger partial charge in [-0.2, -0.15) is 0 Å². The topological polar surface area (TPSA) is 32.3 Å². The highest BCUT2D eigenvalue weighted by Crippen LogP contribution is 2.21. The number of benzene rings is 4. The van der Waals surface area contributed by atoms with Gasteiger partial charge in [0.2, 0.25) is 0 Å². The largest absolute Gasteiger partial charge is 0.378 e. The van der Waals surface area contributed by atoms with E-state index in [0.29, 0.717) is 0 Å². The molecule has 2 heterocycles. The van der Waals surface area contributed by atoms with Crippen molar-refractivity contribution in [3.8, 4) is 11.4 Å². The first-order valence-corrected chi connectivity index (χ1v) is 16.8. The van der Waals surface area contributed by atoms with Crippen LogP contribution in [0.15, 0.2) is 134 Å². The number of nitrogens with zero attached hydrogens (tertiary/aromatic N) is 4. The Hall–Kier alpha value is -6.26. The predicted molar refractivity (Wildman–Crippen MR) is 218 cm³/mol. The van der Waals surface area contributed by atoms with E-state index in [1.54, 1.807) is 0 Å². The molecule has 0 bridgehead atoms. The zero-order valence-corrected chi connectivity index (χ0v) is 29.1. The second kappa shape index (κ2) is 16.2. The van der Waals surface area contributed by atoms with E-state index in [1.165, 1.54) is 22.5 Å². The third-order valence-corrected chi connectivity index (χ3v) is 8.40. The van der Waals surface area contributed by atoms with Crippen LogP contribution in [0.25, 0.3) is 60.0 Å². The minimum atomic E-state index is 0.842. The summed E-state index contributed by atoms with van der Waals surface area (Å²) in [6, 6.07) is 42.4. The lowest BCUT2D eigenvalue weighted by molar-refractivity contribution is 1.13. The Morgan fingerprint density at radius 3 is 0.820 bits per heavy atom. The zero-order chi connectivity index (χ0) is 34.7. The fourth-order valence-corrected chi connectivity index (χ4v) is 5.35. The van der Waals surface area contributed by atoms with E-state index in [9.17, 15) is 0 Å². The van der Waals surface area contributed by atoms with Crippen LogP contribution in [-0.4, -0.2) is 38.2 Å². The first-order chi connectivity index (χ1) is 24.4. The van der Waals surface area contributed by atoms with E-state index in [1.807, 2.05) is 24.5 Å². The normalized spacial score (nSPS) is 11.7. The standard InChI is InChI=1S/C46H42N4/c1-49(2)43-25-21-39(22-26-43)15-13-35-5-9-37(10-6-35)17-19-41-29-31-47-45(33-41)46-34-42(30-32-48-46)20-18-38-11-7-36(8-12-38)14-16-40-23-27-44(28-24-40)50(3)4/h5-34H,1-4H3/b15-13+,16-14+,19-17+,20-18+. The molecule has 0 spiro atoms. The summed E-state index contributed by atoms with van der Waals surface area (Å²) in [7, 11) is 8.21. The number of rotatable bonds is 11. The van der Waals surface area contributed by atoms with Crippen LogP contribution in [0, 0.1) is 0 Å². The molecule has 6 rings (SSSR count). The zero-order valence-electron chi connectivity index (χ0n) is 29.1. The Morgan fingerprint density at radius 2 is 0.560 bits per heavy atom. The Kier molecular flexibility index (Phi) is 10.9. The van der Waals surface area contributed by atoms with E-state index in [2.05, 4.69) is 206 Å². The molecule has 6 aromatic rings. The summed E-state index contributed by atoms with van der Waals surface area (Å²) in [5.41, 5.74) is 13.2. The molecule has 0 aliphatic rings. The third-order valence-electron chi connectivity index (χ3n) is 8.40. The monoisotopic (exact) mass is 650 g/mol. The maximum Gasteiger partial charge on any atom is 0.0892 e. The molecule has 0 N–H and O–H groups in total. The lowest BCUT2D eigenvalue weighted by Crippen LogP contribution is -2.07. The van der Waals surface area contributed by atoms with Crippen molar-refractivity contribution in [3.05, 3.63) is 178 Å². The van der Waals surface area contributed by atoms with Crippen molar-refractivity contribution >= 4 is 60.0 Å². The van der Waals surface area contributed by atoms with E-state index >= 15 is 0 Å². The summed E-state index contributed by atoms with van der Waals surface area (Å²) in [6.45, 7) is 0. The van der Waals surface area contributed by atoms with Crippen LogP contribution in [0.3, 0.4) is 0 Å². The quantitative estimate of drug-likeness (QED) is 0.131. The third kappa shape index (κ3) is 9.42. The van der Waals surface area contributed by atoms with Crippen molar-refractivity contribution in [1.29, 1.82) is 0 Å². The lowest BCUT2D eigenvalue weighted by atomic mass is 10.1. The van der Waals surface area contributed by atoms with Crippen LogP contribution in [0.2, 0.25) is 0 Å². The highest BCUT2D eigenvalue weighted by atomic mass is 15.1. The summed E-state index contributed by atoms with van der Waals surface area (Å²) in [6.07, 6.45) is 20.7. The summed E-state index contributed by atoms with van der Waals surface area (Å²) in [5.74, 6) is 0. The molecule has 246 valence electrons. The smallest absolute Gasteiger partial charge is 0.0892 e. The minimum absolute atomic E-state index is 0.842. The Balaban J connectivity index is 1.06. The molecule has 0 unspecified atom stereocenters. The average molecular weight is 651 g/mol. The fourth-order valence-electron chi connectivity index (χ4n) is 5.35. The molecule has 0 aliphatic heterocycles. The molecular formula is C46H42N4. The van der Waals surface area contributed by atoms with E-state index in [-0.39, 0.29) is 0 Å². The lowest BCUT2D eigenvalue weighted by Gasteiger charge is -2.11. The number of aromatic nitrogens is 2. The molecule has 0 atom stereocenters. The first kappa shape index (κ1) is 33.6. The van der Waals surface area contributed by atoms with Gasteiger partial charge in [0.05, 0.1) is 11.4 Å². The van der Waals surface area contributed by atoms with Crippen molar-refractivity contribution in [3.63, 3.8) is 0 Å². The molecule has 0 aliphatic carbocycles. The van der Waals surface area contributed by atoms with Crippen LogP contribution < -0.4 is 9.80 Å². The van der Waals surface area contributed by atoms with Gasteiger partial charge in [0, 0.05) is 52.0 Å². The number of hydrogen-bond donors (Lipinski definition) is 0. The van der Waals surface area contributed by atoms with Gasteiger partial charge in [-0.15, -0.1) is 0 Å². The van der Waals surface area contributed by atoms with Crippen LogP contribution in [0.4, 0.5) is 11.4 Å². The highest BCUT2D eigenvalue weighted by Gasteiger charge is 2.03. The molecule has 50 heavy (non-hydrogen) atoms. The van der Waals surface area contributed by atoms with Crippen LogP contribution in [0.1, 0.15) is 44.5 Å². The summed E-state index contributed by atoms with van der Waals surface area (Å²) < 4.78 is 0. The first-order valence-electron chi connectivity index (χ1n) is 16.8. The maximum atomic E-state index is 4.62. The van der Waals surface area contributed by atoms with Gasteiger partial charge >= 0.3 is 0 Å². The molecule has 4 nitrogen and oxygen atoms in total. The molecule has 0 amide bonds. The molecule has 0 radical (unpaired) electrons. The number of anilines is 2. The average Bonchev–Trinajstić information content (AvgIpc) is 3.16. The second-order valence-electron chi connectivity index (χ2n) is 12.6.